The Morgan fingerprint density at radius 2 is 1.11 bits per heavy atom. The molecular formula is C61H102O29. The van der Waals surface area contributed by atoms with E-state index in [0.717, 1.165) is 18.4 Å². The number of Topliss-reactive ketones (excluding diaryl/α,β-unsaturated/α-hetero) is 1. The van der Waals surface area contributed by atoms with Crippen molar-refractivity contribution in [3.05, 3.63) is 11.6 Å². The highest BCUT2D eigenvalue weighted by atomic mass is 16.8. The van der Waals surface area contributed by atoms with Crippen LogP contribution in [0.15, 0.2) is 11.6 Å². The predicted molar refractivity (Wildman–Crippen MR) is 304 cm³/mol. The summed E-state index contributed by atoms with van der Waals surface area (Å²) in [5.41, 5.74) is -3.85. The standard InChI is InChI=1S/C61H102O29/c1-25(11-14-38(58(4,5)80)89-56-51(90-55-50(79)45(74)41(70)32(21-64)85-55)47(76)43(72)34(87-56)23-81-52-39(68)30(66)17-26(19-62)83-52)27-15-16-59(6)35-13-12-28-29(61(35,24-65)36(67)18-60(27,59)7)9-8-10-37(57(28,2)3)88-54-49(78)46(75)42(71)33(86-54)22-82-53-48(77)44(73)40(69)31(20-63)84-53/h12,25-27,29-35,37-56,62-66,68-80H,8-11,13-24H2,1-7H3/t25-,26+,27-,29?,30+,31-,32-,33-,34-,35+,37+,38-,39-,40-,41-,42-,43-,44+,45+,46+,47+,48-,49-,50-,51-,52-,53-,54+,55+,56+,59+,60-,61+/m1/s1. The number of ketones is 1. The number of hydrogen-bond donors (Lipinski definition) is 18. The zero-order valence-corrected chi connectivity index (χ0v) is 52.3. The second kappa shape index (κ2) is 28.4. The van der Waals surface area contributed by atoms with Crippen LogP contribution in [-0.2, 0) is 52.2 Å². The molecule has 1 unspecified atom stereocenters. The summed E-state index contributed by atoms with van der Waals surface area (Å²) in [5, 5.41) is 194. The third-order valence-corrected chi connectivity index (χ3v) is 22.7. The van der Waals surface area contributed by atoms with Gasteiger partial charge in [-0.25, -0.2) is 0 Å². The molecule has 520 valence electrons. The van der Waals surface area contributed by atoms with Crippen molar-refractivity contribution in [2.45, 2.75) is 278 Å². The van der Waals surface area contributed by atoms with Gasteiger partial charge >= 0.3 is 0 Å². The minimum atomic E-state index is -1.95. The molecule has 18 N–H and O–H groups in total. The highest BCUT2D eigenvalue weighted by molar-refractivity contribution is 5.88. The number of rotatable bonds is 21. The first-order valence-corrected chi connectivity index (χ1v) is 32.0. The summed E-state index contributed by atoms with van der Waals surface area (Å²) in [5.74, 6) is -0.953. The Morgan fingerprint density at radius 1 is 0.589 bits per heavy atom. The second-order valence-electron chi connectivity index (χ2n) is 28.7. The molecule has 5 aliphatic heterocycles. The van der Waals surface area contributed by atoms with Crippen molar-refractivity contribution in [3.63, 3.8) is 0 Å². The van der Waals surface area contributed by atoms with Crippen LogP contribution in [0.5, 0.6) is 0 Å². The Balaban J connectivity index is 0.902. The van der Waals surface area contributed by atoms with Gasteiger partial charge in [0.15, 0.2) is 31.5 Å². The van der Waals surface area contributed by atoms with Crippen molar-refractivity contribution in [2.75, 3.05) is 39.6 Å². The molecule has 0 radical (unpaired) electrons. The molecule has 9 rings (SSSR count). The smallest absolute Gasteiger partial charge is 0.187 e. The van der Waals surface area contributed by atoms with E-state index in [1.165, 1.54) is 13.8 Å². The molecule has 9 aliphatic rings. The maximum absolute atomic E-state index is 15.6. The number of fused-ring (bicyclic) bond motifs is 5. The largest absolute Gasteiger partial charge is 0.395 e. The number of hydrogen-bond acceptors (Lipinski definition) is 29. The van der Waals surface area contributed by atoms with E-state index in [1.807, 2.05) is 13.8 Å². The number of ether oxygens (including phenoxy) is 10. The van der Waals surface area contributed by atoms with Crippen LogP contribution in [0.25, 0.3) is 0 Å². The van der Waals surface area contributed by atoms with Gasteiger partial charge in [-0.15, -0.1) is 0 Å². The summed E-state index contributed by atoms with van der Waals surface area (Å²) in [6.45, 7) is 9.82. The van der Waals surface area contributed by atoms with Gasteiger partial charge in [-0.3, -0.25) is 4.79 Å². The van der Waals surface area contributed by atoms with Crippen molar-refractivity contribution < 1.29 is 144 Å². The molecule has 4 aliphatic carbocycles. The van der Waals surface area contributed by atoms with Gasteiger partial charge in [0.2, 0.25) is 0 Å². The fourth-order valence-electron chi connectivity index (χ4n) is 16.9. The van der Waals surface area contributed by atoms with Gasteiger partial charge in [0.1, 0.15) is 110 Å². The monoisotopic (exact) mass is 1300 g/mol. The Bertz CT molecular complexity index is 2400. The van der Waals surface area contributed by atoms with E-state index in [1.54, 1.807) is 0 Å². The lowest BCUT2D eigenvalue weighted by atomic mass is 9.39. The van der Waals surface area contributed by atoms with Crippen LogP contribution in [0.4, 0.5) is 0 Å². The fraction of sp³-hybridized carbons (Fsp3) is 0.951. The summed E-state index contributed by atoms with van der Waals surface area (Å²) in [6.07, 6.45) is -34.7. The van der Waals surface area contributed by atoms with Gasteiger partial charge in [-0.05, 0) is 93.3 Å². The quantitative estimate of drug-likeness (QED) is 0.0480. The SMILES string of the molecule is C[C@H](CC[C@@H](O[C@@H]1O[C@H](CO[C@@H]2O[C@H](CO)C[C@H](O)[C@H]2O)[C@@H](O)[C@H](O)[C@H]1O[C@@H]1O[C@H](CO)[C@@H](O)[C@H](O)[C@H]1O)C(C)(C)O)[C@H]1CC[C@@]2(C)[C@@H]3CC=C4C(CCC[C@H](O[C@@H]5O[C@H](CO[C@@H]6O[C@H](CO)[C@@H](O)[C@H](O)[C@H]6O)[C@@H](O)[C@H](O)[C@H]5O)C4(C)C)[C@]3(CO)C(=O)C[C@]12C. The molecule has 90 heavy (non-hydrogen) atoms. The van der Waals surface area contributed by atoms with Crippen LogP contribution in [0, 0.1) is 45.3 Å². The average molecular weight is 1300 g/mol. The average Bonchev–Trinajstić information content (AvgIpc) is 1.33. The lowest BCUT2D eigenvalue weighted by Crippen LogP contribution is -2.65. The van der Waals surface area contributed by atoms with Crippen molar-refractivity contribution >= 4 is 5.78 Å². The van der Waals surface area contributed by atoms with Crippen molar-refractivity contribution in [1.82, 2.24) is 0 Å². The molecule has 29 nitrogen and oxygen atoms in total. The first-order chi connectivity index (χ1) is 42.2. The van der Waals surface area contributed by atoms with Gasteiger partial charge in [0.25, 0.3) is 0 Å². The molecule has 0 aromatic heterocycles. The Labute approximate surface area is 522 Å². The third-order valence-electron chi connectivity index (χ3n) is 22.7. The first-order valence-electron chi connectivity index (χ1n) is 32.0. The highest BCUT2D eigenvalue weighted by Crippen LogP contribution is 2.74. The van der Waals surface area contributed by atoms with E-state index < -0.39 is 232 Å². The summed E-state index contributed by atoms with van der Waals surface area (Å²) in [7, 11) is 0. The van der Waals surface area contributed by atoms with Crippen LogP contribution < -0.4 is 0 Å². The van der Waals surface area contributed by atoms with Crippen molar-refractivity contribution in [1.29, 1.82) is 0 Å². The van der Waals surface area contributed by atoms with E-state index in [9.17, 15) is 91.9 Å². The number of aliphatic hydroxyl groups is 18. The molecule has 0 aromatic carbocycles. The van der Waals surface area contributed by atoms with Crippen LogP contribution in [0.1, 0.15) is 113 Å². The van der Waals surface area contributed by atoms with Crippen LogP contribution in [0.2, 0.25) is 0 Å². The number of allylic oxidation sites excluding steroid dienone is 1. The third kappa shape index (κ3) is 13.3. The topological polar surface area (TPSA) is 474 Å². The van der Waals surface area contributed by atoms with E-state index >= 15 is 4.79 Å². The molecule has 5 heterocycles. The van der Waals surface area contributed by atoms with Gasteiger partial charge in [-0.2, -0.15) is 0 Å². The molecule has 3 saturated carbocycles. The van der Waals surface area contributed by atoms with E-state index in [4.69, 9.17) is 47.4 Å². The zero-order chi connectivity index (χ0) is 66.1. The molecule has 0 bridgehead atoms. The van der Waals surface area contributed by atoms with Gasteiger partial charge < -0.3 is 139 Å². The first kappa shape index (κ1) is 72.6. The maximum Gasteiger partial charge on any atom is 0.187 e. The predicted octanol–water partition coefficient (Wildman–Crippen LogP) is -4.81. The molecule has 5 saturated heterocycles. The minimum Gasteiger partial charge on any atom is -0.395 e. The lowest BCUT2D eigenvalue weighted by molar-refractivity contribution is -0.379. The van der Waals surface area contributed by atoms with Gasteiger partial charge in [0.05, 0.1) is 75.1 Å². The lowest BCUT2D eigenvalue weighted by Gasteiger charge is -2.64. The van der Waals surface area contributed by atoms with Crippen LogP contribution in [0.3, 0.4) is 0 Å². The van der Waals surface area contributed by atoms with Crippen LogP contribution >= 0.6 is 0 Å². The maximum atomic E-state index is 15.6. The Kier molecular flexibility index (Phi) is 22.9. The van der Waals surface area contributed by atoms with Gasteiger partial charge in [0, 0.05) is 18.3 Å². The highest BCUT2D eigenvalue weighted by Gasteiger charge is 2.72. The molecule has 0 spiro atoms. The van der Waals surface area contributed by atoms with Gasteiger partial charge in [-0.1, -0.05) is 52.7 Å². The van der Waals surface area contributed by atoms with E-state index in [-0.39, 0.29) is 42.8 Å². The molecule has 33 atom stereocenters. The fourth-order valence-corrected chi connectivity index (χ4v) is 16.9. The van der Waals surface area contributed by atoms with Crippen molar-refractivity contribution in [3.8, 4) is 0 Å². The molecular weight excluding hydrogens is 1200 g/mol. The minimum absolute atomic E-state index is 0.0592. The summed E-state index contributed by atoms with van der Waals surface area (Å²) in [6, 6.07) is 0. The van der Waals surface area contributed by atoms with Crippen molar-refractivity contribution in [2.24, 2.45) is 45.3 Å². The molecule has 29 heteroatoms. The zero-order valence-electron chi connectivity index (χ0n) is 52.3. The summed E-state index contributed by atoms with van der Waals surface area (Å²) < 4.78 is 59.6. The van der Waals surface area contributed by atoms with E-state index in [2.05, 4.69) is 26.8 Å². The number of carbonyl (C=O) groups excluding carboxylic acids is 1. The summed E-state index contributed by atoms with van der Waals surface area (Å²) >= 11 is 0. The van der Waals surface area contributed by atoms with E-state index in [0.29, 0.717) is 32.1 Å². The normalized spacial score (nSPS) is 49.8. The molecule has 8 fully saturated rings. The summed E-state index contributed by atoms with van der Waals surface area (Å²) in [4.78, 5) is 15.6. The number of carbonyl (C=O) groups is 1. The Morgan fingerprint density at radius 3 is 1.68 bits per heavy atom. The van der Waals surface area contributed by atoms with Crippen LogP contribution in [-0.4, -0.2) is 303 Å². The second-order valence-corrected chi connectivity index (χ2v) is 28.7. The molecule has 0 amide bonds. The number of aliphatic hydroxyl groups excluding tert-OH is 17. The Hall–Kier alpha value is -1.71. The molecule has 0 aromatic rings.